The van der Waals surface area contributed by atoms with E-state index in [0.29, 0.717) is 5.69 Å². The Labute approximate surface area is 123 Å². The molecule has 0 radical (unpaired) electrons. The summed E-state index contributed by atoms with van der Waals surface area (Å²) in [5, 5.41) is 2.54. The number of amides is 1. The van der Waals surface area contributed by atoms with Crippen molar-refractivity contribution in [2.75, 3.05) is 5.32 Å². The van der Waals surface area contributed by atoms with Gasteiger partial charge in [-0.05, 0) is 42.8 Å². The van der Waals surface area contributed by atoms with Crippen molar-refractivity contribution in [3.8, 4) is 0 Å². The summed E-state index contributed by atoms with van der Waals surface area (Å²) in [5.41, 5.74) is 1.67. The van der Waals surface area contributed by atoms with Crippen molar-refractivity contribution in [2.24, 2.45) is 0 Å². The summed E-state index contributed by atoms with van der Waals surface area (Å²) >= 11 is 9.12. The third-order valence-corrected chi connectivity index (χ3v) is 3.51. The fraction of sp³-hybridized carbons (Fsp3) is 0.0714. The molecule has 98 valence electrons. The van der Waals surface area contributed by atoms with Gasteiger partial charge in [-0.3, -0.25) is 4.79 Å². The van der Waals surface area contributed by atoms with Crippen LogP contribution < -0.4 is 5.32 Å². The van der Waals surface area contributed by atoms with Crippen LogP contribution in [-0.4, -0.2) is 5.91 Å². The molecule has 2 aromatic rings. The van der Waals surface area contributed by atoms with Crippen LogP contribution in [0.4, 0.5) is 10.1 Å². The molecule has 2 rings (SSSR count). The molecular formula is C14H10BrClFNO. The fourth-order valence-corrected chi connectivity index (χ4v) is 2.32. The van der Waals surface area contributed by atoms with Crippen LogP contribution >= 0.6 is 27.5 Å². The zero-order valence-corrected chi connectivity index (χ0v) is 12.3. The van der Waals surface area contributed by atoms with Gasteiger partial charge in [0.05, 0.1) is 10.6 Å². The van der Waals surface area contributed by atoms with Crippen molar-refractivity contribution < 1.29 is 9.18 Å². The average molecular weight is 343 g/mol. The minimum absolute atomic E-state index is 0.115. The maximum Gasteiger partial charge on any atom is 0.257 e. The van der Waals surface area contributed by atoms with Crippen molar-refractivity contribution in [2.45, 2.75) is 6.92 Å². The molecule has 5 heteroatoms. The van der Waals surface area contributed by atoms with E-state index in [-0.39, 0.29) is 10.6 Å². The molecular weight excluding hydrogens is 333 g/mol. The molecule has 2 nitrogen and oxygen atoms in total. The topological polar surface area (TPSA) is 29.1 Å². The van der Waals surface area contributed by atoms with Crippen molar-refractivity contribution >= 4 is 39.1 Å². The highest BCUT2D eigenvalue weighted by Crippen LogP contribution is 2.23. The molecule has 0 aromatic heterocycles. The zero-order valence-electron chi connectivity index (χ0n) is 10.0. The second-order valence-electron chi connectivity index (χ2n) is 4.01. The fourth-order valence-electron chi connectivity index (χ4n) is 1.64. The molecule has 0 unspecified atom stereocenters. The Bertz CT molecular complexity index is 645. The largest absolute Gasteiger partial charge is 0.322 e. The second kappa shape index (κ2) is 5.72. The van der Waals surface area contributed by atoms with Crippen LogP contribution in [-0.2, 0) is 0 Å². The van der Waals surface area contributed by atoms with Gasteiger partial charge in [-0.2, -0.15) is 0 Å². The highest BCUT2D eigenvalue weighted by atomic mass is 79.9. The van der Waals surface area contributed by atoms with E-state index in [4.69, 9.17) is 11.6 Å². The van der Waals surface area contributed by atoms with E-state index in [1.54, 1.807) is 6.07 Å². The lowest BCUT2D eigenvalue weighted by Gasteiger charge is -2.10. The van der Waals surface area contributed by atoms with E-state index in [2.05, 4.69) is 21.2 Å². The Morgan fingerprint density at radius 2 is 2.05 bits per heavy atom. The van der Waals surface area contributed by atoms with Crippen LogP contribution in [0.2, 0.25) is 5.02 Å². The summed E-state index contributed by atoms with van der Waals surface area (Å²) in [5.74, 6) is -1.04. The lowest BCUT2D eigenvalue weighted by molar-refractivity contribution is 0.102. The Hall–Kier alpha value is -1.39. The van der Waals surface area contributed by atoms with Gasteiger partial charge in [0.15, 0.2) is 0 Å². The van der Waals surface area contributed by atoms with Crippen molar-refractivity contribution in [1.29, 1.82) is 0 Å². The maximum absolute atomic E-state index is 13.3. The van der Waals surface area contributed by atoms with Gasteiger partial charge in [0.25, 0.3) is 5.91 Å². The quantitative estimate of drug-likeness (QED) is 0.834. The lowest BCUT2D eigenvalue weighted by atomic mass is 10.1. The van der Waals surface area contributed by atoms with Crippen LogP contribution in [0.1, 0.15) is 15.9 Å². The van der Waals surface area contributed by atoms with Gasteiger partial charge in [0.1, 0.15) is 5.82 Å². The number of carbonyl (C=O) groups is 1. The van der Waals surface area contributed by atoms with Crippen molar-refractivity contribution in [3.05, 3.63) is 62.8 Å². The summed E-state index contributed by atoms with van der Waals surface area (Å²) in [4.78, 5) is 12.1. The summed E-state index contributed by atoms with van der Waals surface area (Å²) < 4.78 is 14.2. The predicted octanol–water partition coefficient (Wildman–Crippen LogP) is 4.80. The predicted molar refractivity (Wildman–Crippen MR) is 78.2 cm³/mol. The standard InChI is InChI=1S/C14H10BrClFNO/c1-8-7-9(15)5-6-12(8)18-14(19)10-3-2-4-11(17)13(10)16/h2-7H,1H3,(H,18,19). The van der Waals surface area contributed by atoms with Crippen LogP contribution in [0, 0.1) is 12.7 Å². The first-order valence-electron chi connectivity index (χ1n) is 5.50. The molecule has 0 saturated carbocycles. The summed E-state index contributed by atoms with van der Waals surface area (Å²) in [6.07, 6.45) is 0. The first kappa shape index (κ1) is 14.0. The van der Waals surface area contributed by atoms with Gasteiger partial charge in [0.2, 0.25) is 0 Å². The number of nitrogens with one attached hydrogen (secondary N) is 1. The van der Waals surface area contributed by atoms with Crippen molar-refractivity contribution in [3.63, 3.8) is 0 Å². The second-order valence-corrected chi connectivity index (χ2v) is 5.31. The number of carbonyl (C=O) groups excluding carboxylic acids is 1. The molecule has 0 saturated heterocycles. The number of hydrogen-bond acceptors (Lipinski definition) is 1. The molecule has 1 N–H and O–H groups in total. The van der Waals surface area contributed by atoms with Crippen LogP contribution in [0.5, 0.6) is 0 Å². The van der Waals surface area contributed by atoms with Gasteiger partial charge in [-0.15, -0.1) is 0 Å². The van der Waals surface area contributed by atoms with Gasteiger partial charge in [-0.1, -0.05) is 33.6 Å². The average Bonchev–Trinajstić information content (AvgIpc) is 2.36. The SMILES string of the molecule is Cc1cc(Br)ccc1NC(=O)c1cccc(F)c1Cl. The number of rotatable bonds is 2. The summed E-state index contributed by atoms with van der Waals surface area (Å²) in [7, 11) is 0. The molecule has 0 aliphatic carbocycles. The van der Waals surface area contributed by atoms with Crippen molar-refractivity contribution in [1.82, 2.24) is 0 Å². The third kappa shape index (κ3) is 3.14. The van der Waals surface area contributed by atoms with Gasteiger partial charge in [0, 0.05) is 10.2 Å². The first-order valence-corrected chi connectivity index (χ1v) is 6.67. The lowest BCUT2D eigenvalue weighted by Crippen LogP contribution is -2.13. The third-order valence-electron chi connectivity index (χ3n) is 2.63. The highest BCUT2D eigenvalue weighted by molar-refractivity contribution is 9.10. The molecule has 0 aliphatic rings. The Balaban J connectivity index is 2.28. The van der Waals surface area contributed by atoms with Gasteiger partial charge in [-0.25, -0.2) is 4.39 Å². The maximum atomic E-state index is 13.3. The highest BCUT2D eigenvalue weighted by Gasteiger charge is 2.14. The molecule has 0 heterocycles. The number of benzene rings is 2. The van der Waals surface area contributed by atoms with E-state index in [1.165, 1.54) is 18.2 Å². The van der Waals surface area contributed by atoms with E-state index in [9.17, 15) is 9.18 Å². The first-order chi connectivity index (χ1) is 8.99. The smallest absolute Gasteiger partial charge is 0.257 e. The molecule has 0 aliphatic heterocycles. The molecule has 1 amide bonds. The van der Waals surface area contributed by atoms with Crippen LogP contribution in [0.3, 0.4) is 0 Å². The molecule has 0 bridgehead atoms. The number of hydrogen-bond donors (Lipinski definition) is 1. The van der Waals surface area contributed by atoms with E-state index in [1.807, 2.05) is 19.1 Å². The Morgan fingerprint density at radius 3 is 2.74 bits per heavy atom. The molecule has 0 atom stereocenters. The minimum Gasteiger partial charge on any atom is -0.322 e. The zero-order chi connectivity index (χ0) is 14.0. The van der Waals surface area contributed by atoms with Gasteiger partial charge >= 0.3 is 0 Å². The normalized spacial score (nSPS) is 10.3. The van der Waals surface area contributed by atoms with E-state index < -0.39 is 11.7 Å². The monoisotopic (exact) mass is 341 g/mol. The number of anilines is 1. The number of halogens is 3. The number of aryl methyl sites for hydroxylation is 1. The Morgan fingerprint density at radius 1 is 1.32 bits per heavy atom. The summed E-state index contributed by atoms with van der Waals surface area (Å²) in [6.45, 7) is 1.87. The minimum atomic E-state index is -0.609. The Kier molecular flexibility index (Phi) is 4.22. The molecule has 0 fully saturated rings. The van der Waals surface area contributed by atoms with E-state index >= 15 is 0 Å². The molecule has 19 heavy (non-hydrogen) atoms. The van der Waals surface area contributed by atoms with Gasteiger partial charge < -0.3 is 5.32 Å². The van der Waals surface area contributed by atoms with Crippen LogP contribution in [0.25, 0.3) is 0 Å². The van der Waals surface area contributed by atoms with Crippen LogP contribution in [0.15, 0.2) is 40.9 Å². The summed E-state index contributed by atoms with van der Waals surface area (Å²) in [6, 6.07) is 9.60. The van der Waals surface area contributed by atoms with E-state index in [0.717, 1.165) is 10.0 Å². The molecule has 2 aromatic carbocycles. The molecule has 0 spiro atoms.